The fraction of sp³-hybridized carbons (Fsp3) is 0.533. The lowest BCUT2D eigenvalue weighted by atomic mass is 9.99. The molecule has 1 unspecified atom stereocenters. The lowest BCUT2D eigenvalue weighted by Crippen LogP contribution is -2.51. The average Bonchev–Trinajstić information content (AvgIpc) is 2.20. The van der Waals surface area contributed by atoms with Crippen molar-refractivity contribution in [2.45, 2.75) is 52.6 Å². The van der Waals surface area contributed by atoms with Crippen LogP contribution in [0.2, 0.25) is 0 Å². The van der Waals surface area contributed by atoms with Gasteiger partial charge < -0.3 is 11.1 Å². The highest BCUT2D eigenvalue weighted by atomic mass is 16.2. The summed E-state index contributed by atoms with van der Waals surface area (Å²) in [6, 6.07) is 6.48. The van der Waals surface area contributed by atoms with E-state index >= 15 is 0 Å². The third-order valence-electron chi connectivity index (χ3n) is 2.99. The molecule has 0 aliphatic carbocycles. The van der Waals surface area contributed by atoms with E-state index in [4.69, 9.17) is 5.73 Å². The number of amides is 1. The number of carbonyl (C=O) groups is 1. The Morgan fingerprint density at radius 2 is 2.00 bits per heavy atom. The SMILES string of the molecule is Cc1ccc(CC(C)NC(=O)C(C)(C)N)c(C)c1. The number of carbonyl (C=O) groups excluding carboxylic acids is 1. The van der Waals surface area contributed by atoms with E-state index in [1.54, 1.807) is 13.8 Å². The summed E-state index contributed by atoms with van der Waals surface area (Å²) in [6.07, 6.45) is 0.827. The van der Waals surface area contributed by atoms with E-state index in [-0.39, 0.29) is 11.9 Å². The second kappa shape index (κ2) is 5.53. The second-order valence-corrected chi connectivity index (χ2v) is 5.73. The van der Waals surface area contributed by atoms with E-state index in [0.717, 1.165) is 6.42 Å². The summed E-state index contributed by atoms with van der Waals surface area (Å²) >= 11 is 0. The molecule has 18 heavy (non-hydrogen) atoms. The van der Waals surface area contributed by atoms with Crippen LogP contribution < -0.4 is 11.1 Å². The Kier molecular flexibility index (Phi) is 4.52. The van der Waals surface area contributed by atoms with E-state index in [1.165, 1.54) is 16.7 Å². The number of nitrogens with two attached hydrogens (primary N) is 1. The Morgan fingerprint density at radius 3 is 2.50 bits per heavy atom. The van der Waals surface area contributed by atoms with Crippen molar-refractivity contribution in [1.82, 2.24) is 5.32 Å². The number of nitrogens with one attached hydrogen (secondary N) is 1. The molecule has 3 heteroatoms. The van der Waals surface area contributed by atoms with Gasteiger partial charge in [-0.1, -0.05) is 23.8 Å². The largest absolute Gasteiger partial charge is 0.352 e. The molecule has 0 saturated carbocycles. The predicted octanol–water partition coefficient (Wildman–Crippen LogP) is 2.09. The first-order valence-corrected chi connectivity index (χ1v) is 6.36. The maximum Gasteiger partial charge on any atom is 0.239 e. The third-order valence-corrected chi connectivity index (χ3v) is 2.99. The van der Waals surface area contributed by atoms with Gasteiger partial charge in [-0.15, -0.1) is 0 Å². The van der Waals surface area contributed by atoms with Crippen LogP contribution in [0.3, 0.4) is 0 Å². The fourth-order valence-electron chi connectivity index (χ4n) is 1.87. The Hall–Kier alpha value is -1.35. The molecule has 1 aromatic rings. The second-order valence-electron chi connectivity index (χ2n) is 5.73. The molecule has 1 amide bonds. The highest BCUT2D eigenvalue weighted by Gasteiger charge is 2.23. The first-order valence-electron chi connectivity index (χ1n) is 6.36. The Bertz CT molecular complexity index is 433. The number of aryl methyl sites for hydroxylation is 2. The number of rotatable bonds is 4. The van der Waals surface area contributed by atoms with Crippen LogP contribution in [0.15, 0.2) is 18.2 Å². The molecule has 1 aromatic carbocycles. The van der Waals surface area contributed by atoms with Crippen molar-refractivity contribution >= 4 is 5.91 Å². The van der Waals surface area contributed by atoms with Crippen molar-refractivity contribution in [3.8, 4) is 0 Å². The van der Waals surface area contributed by atoms with E-state index in [0.29, 0.717) is 0 Å². The molecule has 0 aliphatic rings. The first-order chi connectivity index (χ1) is 8.20. The molecule has 3 nitrogen and oxygen atoms in total. The van der Waals surface area contributed by atoms with Crippen molar-refractivity contribution in [3.63, 3.8) is 0 Å². The van der Waals surface area contributed by atoms with Crippen LogP contribution in [0.5, 0.6) is 0 Å². The minimum atomic E-state index is -0.823. The zero-order valence-corrected chi connectivity index (χ0v) is 12.0. The molecule has 0 heterocycles. The van der Waals surface area contributed by atoms with Gasteiger partial charge in [-0.05, 0) is 52.2 Å². The molecular weight excluding hydrogens is 224 g/mol. The highest BCUT2D eigenvalue weighted by molar-refractivity contribution is 5.85. The minimum Gasteiger partial charge on any atom is -0.352 e. The standard InChI is InChI=1S/C15H24N2O/c1-10-6-7-13(11(2)8-10)9-12(3)17-14(18)15(4,5)16/h6-8,12H,9,16H2,1-5H3,(H,17,18). The van der Waals surface area contributed by atoms with Gasteiger partial charge >= 0.3 is 0 Å². The average molecular weight is 248 g/mol. The topological polar surface area (TPSA) is 55.1 Å². The number of hydrogen-bond donors (Lipinski definition) is 2. The molecule has 100 valence electrons. The lowest BCUT2D eigenvalue weighted by molar-refractivity contribution is -0.125. The summed E-state index contributed by atoms with van der Waals surface area (Å²) in [4.78, 5) is 11.8. The van der Waals surface area contributed by atoms with Gasteiger partial charge in [0.25, 0.3) is 0 Å². The lowest BCUT2D eigenvalue weighted by Gasteiger charge is -2.22. The quantitative estimate of drug-likeness (QED) is 0.857. The van der Waals surface area contributed by atoms with E-state index in [9.17, 15) is 4.79 Å². The molecule has 0 radical (unpaired) electrons. The van der Waals surface area contributed by atoms with Gasteiger partial charge in [0.1, 0.15) is 0 Å². The number of hydrogen-bond acceptors (Lipinski definition) is 2. The van der Waals surface area contributed by atoms with E-state index in [1.807, 2.05) is 6.92 Å². The molecule has 0 fully saturated rings. The van der Waals surface area contributed by atoms with Crippen molar-refractivity contribution in [2.24, 2.45) is 5.73 Å². The molecular formula is C15H24N2O. The van der Waals surface area contributed by atoms with Gasteiger partial charge in [0.05, 0.1) is 5.54 Å². The zero-order valence-electron chi connectivity index (χ0n) is 12.0. The monoisotopic (exact) mass is 248 g/mol. The van der Waals surface area contributed by atoms with Crippen LogP contribution in [-0.4, -0.2) is 17.5 Å². The fourth-order valence-corrected chi connectivity index (χ4v) is 1.87. The molecule has 1 rings (SSSR count). The molecule has 0 spiro atoms. The maximum atomic E-state index is 11.8. The molecule has 0 saturated heterocycles. The normalized spacial score (nSPS) is 13.2. The van der Waals surface area contributed by atoms with Crippen LogP contribution in [0.1, 0.15) is 37.5 Å². The van der Waals surface area contributed by atoms with Crippen LogP contribution in [0.25, 0.3) is 0 Å². The van der Waals surface area contributed by atoms with E-state index < -0.39 is 5.54 Å². The summed E-state index contributed by atoms with van der Waals surface area (Å²) in [5, 5.41) is 2.95. The smallest absolute Gasteiger partial charge is 0.239 e. The van der Waals surface area contributed by atoms with Crippen molar-refractivity contribution < 1.29 is 4.79 Å². The number of benzene rings is 1. The molecule has 0 bridgehead atoms. The van der Waals surface area contributed by atoms with Gasteiger partial charge in [0, 0.05) is 6.04 Å². The van der Waals surface area contributed by atoms with Gasteiger partial charge in [-0.25, -0.2) is 0 Å². The minimum absolute atomic E-state index is 0.0849. The molecule has 3 N–H and O–H groups in total. The third kappa shape index (κ3) is 4.15. The highest BCUT2D eigenvalue weighted by Crippen LogP contribution is 2.13. The maximum absolute atomic E-state index is 11.8. The van der Waals surface area contributed by atoms with Gasteiger partial charge in [0.2, 0.25) is 5.91 Å². The van der Waals surface area contributed by atoms with Crippen LogP contribution >= 0.6 is 0 Å². The predicted molar refractivity (Wildman–Crippen MR) is 75.5 cm³/mol. The summed E-state index contributed by atoms with van der Waals surface area (Å²) in [6.45, 7) is 9.62. The molecule has 0 aliphatic heterocycles. The molecule has 0 aromatic heterocycles. The summed E-state index contributed by atoms with van der Waals surface area (Å²) < 4.78 is 0. The Labute approximate surface area is 110 Å². The zero-order chi connectivity index (χ0) is 13.9. The van der Waals surface area contributed by atoms with Crippen molar-refractivity contribution in [3.05, 3.63) is 34.9 Å². The summed E-state index contributed by atoms with van der Waals surface area (Å²) in [5.41, 5.74) is 8.73. The molecule has 1 atom stereocenters. The van der Waals surface area contributed by atoms with Crippen LogP contribution in [-0.2, 0) is 11.2 Å². The summed E-state index contributed by atoms with van der Waals surface area (Å²) in [5.74, 6) is -0.111. The van der Waals surface area contributed by atoms with Gasteiger partial charge in [-0.3, -0.25) is 4.79 Å². The first kappa shape index (κ1) is 14.7. The van der Waals surface area contributed by atoms with Crippen LogP contribution in [0.4, 0.5) is 0 Å². The Morgan fingerprint density at radius 1 is 1.39 bits per heavy atom. The van der Waals surface area contributed by atoms with E-state index in [2.05, 4.69) is 37.4 Å². The van der Waals surface area contributed by atoms with Crippen molar-refractivity contribution in [2.75, 3.05) is 0 Å². The van der Waals surface area contributed by atoms with Gasteiger partial charge in [0.15, 0.2) is 0 Å². The Balaban J connectivity index is 2.65. The summed E-state index contributed by atoms with van der Waals surface area (Å²) in [7, 11) is 0. The van der Waals surface area contributed by atoms with Crippen LogP contribution in [0, 0.1) is 13.8 Å². The van der Waals surface area contributed by atoms with Crippen molar-refractivity contribution in [1.29, 1.82) is 0 Å². The van der Waals surface area contributed by atoms with Gasteiger partial charge in [-0.2, -0.15) is 0 Å².